The number of rotatable bonds is 4. The fourth-order valence-corrected chi connectivity index (χ4v) is 0.241. The molecule has 0 saturated heterocycles. The molecule has 0 aromatic rings. The molecule has 4 heteroatoms. The van der Waals surface area contributed by atoms with Crippen molar-refractivity contribution in [1.29, 1.82) is 0 Å². The van der Waals surface area contributed by atoms with E-state index < -0.39 is 5.75 Å². The summed E-state index contributed by atoms with van der Waals surface area (Å²) in [6.07, 6.45) is 0. The molecule has 0 amide bonds. The Morgan fingerprint density at radius 3 is 2.50 bits per heavy atom. The smallest absolute Gasteiger partial charge is 0.238 e. The first-order chi connectivity index (χ1) is 3.81. The van der Waals surface area contributed by atoms with Gasteiger partial charge in [-0.05, 0) is 0 Å². The lowest BCUT2D eigenvalue weighted by Gasteiger charge is -2.05. The van der Waals surface area contributed by atoms with Crippen LogP contribution in [0, 0.1) is 0 Å². The van der Waals surface area contributed by atoms with Gasteiger partial charge >= 0.3 is 0 Å². The Balaban J connectivity index is 2.86. The number of alkyl halides is 1. The van der Waals surface area contributed by atoms with Gasteiger partial charge in [-0.25, -0.2) is 0 Å². The average molecular weight is 141 g/mol. The molecule has 0 rings (SSSR count). The Bertz CT molecular complexity index is 50.5. The first-order valence-corrected chi connectivity index (χ1v) is 2.52. The number of halogens is 1. The van der Waals surface area contributed by atoms with Gasteiger partial charge in [-0.2, -0.15) is 0 Å². The minimum atomic E-state index is -0.699. The minimum absolute atomic E-state index is 0.155. The fourth-order valence-electron chi connectivity index (χ4n) is 0.190. The molecule has 0 N–H and O–H groups in total. The zero-order valence-electron chi connectivity index (χ0n) is 4.89. The van der Waals surface area contributed by atoms with Crippen molar-refractivity contribution in [1.82, 2.24) is 0 Å². The summed E-state index contributed by atoms with van der Waals surface area (Å²) in [5.41, 5.74) is 0. The van der Waals surface area contributed by atoms with Gasteiger partial charge in [0.05, 0.1) is 0 Å². The van der Waals surface area contributed by atoms with Crippen LogP contribution in [0.1, 0.15) is 0 Å². The maximum Gasteiger partial charge on any atom is 0.238 e. The third kappa shape index (κ3) is 4.33. The second-order valence-electron chi connectivity index (χ2n) is 1.08. The Morgan fingerprint density at radius 2 is 2.12 bits per heavy atom. The predicted octanol–water partition coefficient (Wildman–Crippen LogP) is 0.776. The quantitative estimate of drug-likeness (QED) is 0.427. The molecule has 0 saturated carbocycles. The largest absolute Gasteiger partial charge is 0.358 e. The Morgan fingerprint density at radius 1 is 1.50 bits per heavy atom. The van der Waals surface area contributed by atoms with E-state index in [9.17, 15) is 0 Å². The SMILES string of the molecule is COCOC(Cl)OC. The predicted molar refractivity (Wildman–Crippen MR) is 29.6 cm³/mol. The zero-order chi connectivity index (χ0) is 6.41. The minimum Gasteiger partial charge on any atom is -0.358 e. The van der Waals surface area contributed by atoms with Crippen LogP contribution in [0.5, 0.6) is 0 Å². The first-order valence-electron chi connectivity index (χ1n) is 2.08. The van der Waals surface area contributed by atoms with Crippen LogP contribution in [0.2, 0.25) is 0 Å². The summed E-state index contributed by atoms with van der Waals surface area (Å²) in [5.74, 6) is -0.699. The van der Waals surface area contributed by atoms with Gasteiger partial charge in [-0.1, -0.05) is 11.6 Å². The summed E-state index contributed by atoms with van der Waals surface area (Å²) in [5, 5.41) is 0. The summed E-state index contributed by atoms with van der Waals surface area (Å²) in [4.78, 5) is 0. The Hall–Kier alpha value is 0.170. The van der Waals surface area contributed by atoms with Crippen LogP contribution in [0.4, 0.5) is 0 Å². The van der Waals surface area contributed by atoms with E-state index in [2.05, 4.69) is 14.2 Å². The van der Waals surface area contributed by atoms with Crippen molar-refractivity contribution in [3.63, 3.8) is 0 Å². The molecule has 8 heavy (non-hydrogen) atoms. The molecule has 0 bridgehead atoms. The van der Waals surface area contributed by atoms with Gasteiger partial charge in [0, 0.05) is 14.2 Å². The van der Waals surface area contributed by atoms with Gasteiger partial charge in [0.1, 0.15) is 0 Å². The molecule has 50 valence electrons. The standard InChI is InChI=1S/C4H9ClO3/c1-6-3-8-4(5)7-2/h4H,3H2,1-2H3. The second-order valence-corrected chi connectivity index (χ2v) is 1.44. The van der Waals surface area contributed by atoms with Gasteiger partial charge in [0.2, 0.25) is 5.75 Å². The molecule has 0 aliphatic heterocycles. The highest BCUT2D eigenvalue weighted by molar-refractivity contribution is 6.18. The van der Waals surface area contributed by atoms with Crippen molar-refractivity contribution < 1.29 is 14.2 Å². The van der Waals surface area contributed by atoms with Crippen molar-refractivity contribution in [3.05, 3.63) is 0 Å². The van der Waals surface area contributed by atoms with E-state index in [0.717, 1.165) is 0 Å². The highest BCUT2D eigenvalue weighted by Gasteiger charge is 1.97. The number of hydrogen-bond acceptors (Lipinski definition) is 3. The topological polar surface area (TPSA) is 27.7 Å². The normalized spacial score (nSPS) is 13.9. The fraction of sp³-hybridized carbons (Fsp3) is 1.00. The van der Waals surface area contributed by atoms with E-state index in [1.54, 1.807) is 0 Å². The van der Waals surface area contributed by atoms with Crippen molar-refractivity contribution in [3.8, 4) is 0 Å². The van der Waals surface area contributed by atoms with E-state index in [1.807, 2.05) is 0 Å². The number of methoxy groups -OCH3 is 2. The maximum absolute atomic E-state index is 5.32. The lowest BCUT2D eigenvalue weighted by molar-refractivity contribution is -0.133. The molecule has 1 atom stereocenters. The van der Waals surface area contributed by atoms with Crippen molar-refractivity contribution in [2.24, 2.45) is 0 Å². The molecule has 3 nitrogen and oxygen atoms in total. The van der Waals surface area contributed by atoms with Crippen molar-refractivity contribution >= 4 is 11.6 Å². The van der Waals surface area contributed by atoms with Crippen LogP contribution in [0.3, 0.4) is 0 Å². The van der Waals surface area contributed by atoms with Gasteiger partial charge in [-0.15, -0.1) is 0 Å². The first kappa shape index (κ1) is 8.17. The molecule has 0 radical (unpaired) electrons. The summed E-state index contributed by atoms with van der Waals surface area (Å²) < 4.78 is 13.7. The molecular weight excluding hydrogens is 131 g/mol. The molecule has 0 spiro atoms. The monoisotopic (exact) mass is 140 g/mol. The summed E-state index contributed by atoms with van der Waals surface area (Å²) in [6.45, 7) is 0.155. The van der Waals surface area contributed by atoms with Gasteiger partial charge in [0.15, 0.2) is 6.79 Å². The number of ether oxygens (including phenoxy) is 3. The van der Waals surface area contributed by atoms with Gasteiger partial charge in [0.25, 0.3) is 0 Å². The van der Waals surface area contributed by atoms with Crippen LogP contribution in [0.25, 0.3) is 0 Å². The van der Waals surface area contributed by atoms with Crippen LogP contribution in [0.15, 0.2) is 0 Å². The highest BCUT2D eigenvalue weighted by atomic mass is 35.5. The molecule has 1 unspecified atom stereocenters. The number of hydrogen-bond donors (Lipinski definition) is 0. The van der Waals surface area contributed by atoms with Crippen LogP contribution < -0.4 is 0 Å². The molecule has 0 fully saturated rings. The second kappa shape index (κ2) is 5.31. The molecule has 0 aromatic heterocycles. The van der Waals surface area contributed by atoms with E-state index >= 15 is 0 Å². The van der Waals surface area contributed by atoms with Crippen molar-refractivity contribution in [2.45, 2.75) is 5.75 Å². The summed E-state index contributed by atoms with van der Waals surface area (Å²) in [6, 6.07) is 0. The maximum atomic E-state index is 5.32. The van der Waals surface area contributed by atoms with Crippen LogP contribution >= 0.6 is 11.6 Å². The lowest BCUT2D eigenvalue weighted by atomic mass is 11.3. The molecule has 0 heterocycles. The average Bonchev–Trinajstić information content (AvgIpc) is 1.83. The van der Waals surface area contributed by atoms with Crippen LogP contribution in [-0.2, 0) is 14.2 Å². The molecule has 0 aliphatic rings. The van der Waals surface area contributed by atoms with Gasteiger partial charge < -0.3 is 14.2 Å². The van der Waals surface area contributed by atoms with E-state index in [0.29, 0.717) is 0 Å². The molecular formula is C4H9ClO3. The van der Waals surface area contributed by atoms with E-state index in [4.69, 9.17) is 11.6 Å². The summed E-state index contributed by atoms with van der Waals surface area (Å²) in [7, 11) is 2.96. The van der Waals surface area contributed by atoms with E-state index in [-0.39, 0.29) is 6.79 Å². The molecule has 0 aromatic carbocycles. The van der Waals surface area contributed by atoms with E-state index in [1.165, 1.54) is 14.2 Å². The summed E-state index contributed by atoms with van der Waals surface area (Å²) >= 11 is 5.32. The lowest BCUT2D eigenvalue weighted by Crippen LogP contribution is -2.08. The molecule has 0 aliphatic carbocycles. The zero-order valence-corrected chi connectivity index (χ0v) is 5.64. The highest BCUT2D eigenvalue weighted by Crippen LogP contribution is 1.96. The Kier molecular flexibility index (Phi) is 5.42. The Labute approximate surface area is 53.5 Å². The third-order valence-electron chi connectivity index (χ3n) is 0.502. The third-order valence-corrected chi connectivity index (χ3v) is 0.806. The van der Waals surface area contributed by atoms with Crippen molar-refractivity contribution in [2.75, 3.05) is 21.0 Å². The van der Waals surface area contributed by atoms with Gasteiger partial charge in [-0.3, -0.25) is 0 Å². The van der Waals surface area contributed by atoms with Crippen LogP contribution in [-0.4, -0.2) is 26.8 Å².